The lowest BCUT2D eigenvalue weighted by molar-refractivity contribution is -0.870. The van der Waals surface area contributed by atoms with Crippen LogP contribution in [0.4, 0.5) is 0 Å². The van der Waals surface area contributed by atoms with Gasteiger partial charge in [0.05, 0.1) is 39.9 Å². The highest BCUT2D eigenvalue weighted by molar-refractivity contribution is 7.47. The van der Waals surface area contributed by atoms with Gasteiger partial charge >= 0.3 is 7.82 Å². The zero-order chi connectivity index (χ0) is 41.4. The van der Waals surface area contributed by atoms with Crippen molar-refractivity contribution in [2.24, 2.45) is 0 Å². The van der Waals surface area contributed by atoms with Crippen LogP contribution >= 0.6 is 7.82 Å². The Labute approximate surface area is 345 Å². The number of allylic oxidation sites excluding steroid dienone is 9. The van der Waals surface area contributed by atoms with Crippen molar-refractivity contribution >= 4 is 13.7 Å². The summed E-state index contributed by atoms with van der Waals surface area (Å²) in [6.45, 7) is 4.67. The molecular weight excluding hydrogens is 719 g/mol. The van der Waals surface area contributed by atoms with Crippen molar-refractivity contribution in [2.75, 3.05) is 40.9 Å². The molecule has 0 aromatic carbocycles. The van der Waals surface area contributed by atoms with E-state index in [0.29, 0.717) is 17.4 Å². The molecule has 0 spiro atoms. The van der Waals surface area contributed by atoms with E-state index < -0.39 is 20.0 Å². The van der Waals surface area contributed by atoms with Crippen LogP contribution in [0.1, 0.15) is 181 Å². The maximum absolute atomic E-state index is 12.9. The lowest BCUT2D eigenvalue weighted by atomic mass is 10.0. The Kier molecular flexibility index (Phi) is 37.5. The number of quaternary nitrogens is 1. The first-order chi connectivity index (χ1) is 27.0. The first kappa shape index (κ1) is 54.2. The van der Waals surface area contributed by atoms with Gasteiger partial charge in [0.25, 0.3) is 0 Å². The van der Waals surface area contributed by atoms with Gasteiger partial charge in [-0.3, -0.25) is 13.8 Å². The van der Waals surface area contributed by atoms with E-state index in [1.807, 2.05) is 27.2 Å². The third-order valence-electron chi connectivity index (χ3n) is 9.74. The minimum Gasteiger partial charge on any atom is -0.387 e. The zero-order valence-corrected chi connectivity index (χ0v) is 37.8. The van der Waals surface area contributed by atoms with Crippen molar-refractivity contribution in [3.8, 4) is 0 Å². The molecule has 0 rings (SSSR count). The van der Waals surface area contributed by atoms with Gasteiger partial charge in [0.15, 0.2) is 0 Å². The average molecular weight is 808 g/mol. The van der Waals surface area contributed by atoms with Crippen LogP contribution in [0.5, 0.6) is 0 Å². The Morgan fingerprint density at radius 2 is 1.07 bits per heavy atom. The summed E-state index contributed by atoms with van der Waals surface area (Å²) in [5.41, 5.74) is 0. The predicted molar refractivity (Wildman–Crippen MR) is 240 cm³/mol. The van der Waals surface area contributed by atoms with Crippen molar-refractivity contribution in [3.05, 3.63) is 60.8 Å². The molecule has 1 amide bonds. The minimum atomic E-state index is -4.34. The van der Waals surface area contributed by atoms with Gasteiger partial charge in [0.1, 0.15) is 13.2 Å². The number of hydrogen-bond acceptors (Lipinski definition) is 5. The molecule has 0 aromatic heterocycles. The summed E-state index contributed by atoms with van der Waals surface area (Å²) in [6, 6.07) is -0.849. The molecule has 0 aliphatic heterocycles. The van der Waals surface area contributed by atoms with Crippen LogP contribution in [0.25, 0.3) is 0 Å². The number of aliphatic hydroxyl groups is 1. The van der Waals surface area contributed by atoms with Crippen LogP contribution in [0.3, 0.4) is 0 Å². The fraction of sp³-hybridized carbons (Fsp3) is 0.766. The van der Waals surface area contributed by atoms with Gasteiger partial charge in [0, 0.05) is 6.42 Å². The summed E-state index contributed by atoms with van der Waals surface area (Å²) in [7, 11) is 1.56. The molecule has 0 aliphatic carbocycles. The van der Waals surface area contributed by atoms with E-state index in [0.717, 1.165) is 64.2 Å². The SMILES string of the molecule is CC/C=C\C/C=C\C/C=C\C/C=C\CCCCCCCCCCCCC(=O)NC(COP(=O)(O)OCC[N+](C)(C)C)C(O)/C=C/CCCCCCCCCCC. The first-order valence-electron chi connectivity index (χ1n) is 22.7. The quantitative estimate of drug-likeness (QED) is 0.0246. The normalized spacial score (nSPS) is 14.9. The Bertz CT molecular complexity index is 1100. The molecule has 3 unspecified atom stereocenters. The van der Waals surface area contributed by atoms with Crippen LogP contribution < -0.4 is 5.32 Å². The number of carbonyl (C=O) groups is 1. The number of likely N-dealkylation sites (N-methyl/N-ethyl adjacent to an activating group) is 1. The molecule has 56 heavy (non-hydrogen) atoms. The number of amides is 1. The van der Waals surface area contributed by atoms with E-state index in [1.165, 1.54) is 96.3 Å². The van der Waals surface area contributed by atoms with E-state index >= 15 is 0 Å². The van der Waals surface area contributed by atoms with Crippen molar-refractivity contribution in [3.63, 3.8) is 0 Å². The number of phosphoric acid groups is 1. The second-order valence-corrected chi connectivity index (χ2v) is 17.9. The van der Waals surface area contributed by atoms with Gasteiger partial charge in [0.2, 0.25) is 5.91 Å². The van der Waals surface area contributed by atoms with E-state index in [4.69, 9.17) is 9.05 Å². The Hall–Kier alpha value is -1.80. The van der Waals surface area contributed by atoms with Gasteiger partial charge in [-0.2, -0.15) is 0 Å². The van der Waals surface area contributed by atoms with Crippen molar-refractivity contribution in [1.82, 2.24) is 5.32 Å². The van der Waals surface area contributed by atoms with Gasteiger partial charge < -0.3 is 19.8 Å². The van der Waals surface area contributed by atoms with E-state index in [-0.39, 0.29) is 19.1 Å². The smallest absolute Gasteiger partial charge is 0.387 e. The van der Waals surface area contributed by atoms with Crippen molar-refractivity contribution < 1.29 is 32.9 Å². The molecule has 9 heteroatoms. The third kappa shape index (κ3) is 40.4. The molecule has 3 atom stereocenters. The van der Waals surface area contributed by atoms with Gasteiger partial charge in [-0.25, -0.2) is 4.57 Å². The Morgan fingerprint density at radius 3 is 1.57 bits per heavy atom. The second-order valence-electron chi connectivity index (χ2n) is 16.4. The maximum Gasteiger partial charge on any atom is 0.472 e. The van der Waals surface area contributed by atoms with Gasteiger partial charge in [-0.15, -0.1) is 0 Å². The highest BCUT2D eigenvalue weighted by atomic mass is 31.2. The lowest BCUT2D eigenvalue weighted by Crippen LogP contribution is -2.45. The monoisotopic (exact) mass is 808 g/mol. The Morgan fingerprint density at radius 1 is 0.625 bits per heavy atom. The van der Waals surface area contributed by atoms with E-state index in [2.05, 4.69) is 67.8 Å². The molecule has 0 aromatic rings. The summed E-state index contributed by atoms with van der Waals surface area (Å²) < 4.78 is 23.5. The molecule has 326 valence electrons. The number of nitrogens with one attached hydrogen (secondary N) is 1. The van der Waals surface area contributed by atoms with Crippen LogP contribution in [-0.2, 0) is 18.4 Å². The molecule has 3 N–H and O–H groups in total. The van der Waals surface area contributed by atoms with Crippen LogP contribution in [0.15, 0.2) is 60.8 Å². The van der Waals surface area contributed by atoms with Gasteiger partial charge in [-0.1, -0.05) is 177 Å². The maximum atomic E-state index is 12.9. The number of rotatable bonds is 40. The first-order valence-corrected chi connectivity index (χ1v) is 24.2. The van der Waals surface area contributed by atoms with E-state index in [1.54, 1.807) is 6.08 Å². The summed E-state index contributed by atoms with van der Waals surface area (Å²) in [6.07, 6.45) is 50.0. The lowest BCUT2D eigenvalue weighted by Gasteiger charge is -2.25. The zero-order valence-electron chi connectivity index (χ0n) is 36.9. The predicted octanol–water partition coefficient (Wildman–Crippen LogP) is 12.6. The van der Waals surface area contributed by atoms with Crippen LogP contribution in [0, 0.1) is 0 Å². The molecule has 0 saturated heterocycles. The van der Waals surface area contributed by atoms with Crippen LogP contribution in [0.2, 0.25) is 0 Å². The number of aliphatic hydroxyl groups excluding tert-OH is 1. The molecule has 0 saturated carbocycles. The summed E-state index contributed by atoms with van der Waals surface area (Å²) in [4.78, 5) is 23.1. The minimum absolute atomic E-state index is 0.0583. The highest BCUT2D eigenvalue weighted by Crippen LogP contribution is 2.43. The second kappa shape index (κ2) is 38.7. The molecule has 8 nitrogen and oxygen atoms in total. The van der Waals surface area contributed by atoms with Crippen molar-refractivity contribution in [1.29, 1.82) is 0 Å². The standard InChI is InChI=1S/C47H87N2O6P/c1-6-8-10-12-14-16-18-19-20-21-22-23-24-25-26-27-28-29-31-33-35-37-39-41-47(51)48-45(44-55-56(52,53)54-43-42-49(3,4)5)46(50)40-38-36-34-32-30-17-15-13-11-9-7-2/h8,10,14,16,19-20,22-23,38,40,45-46,50H,6-7,9,11-13,15,17-18,21,24-37,39,41-44H2,1-5H3,(H-,48,51,52,53)/p+1/b10-8-,16-14-,20-19-,23-22-,40-38+. The third-order valence-corrected chi connectivity index (χ3v) is 10.7. The number of carbonyl (C=O) groups excluding carboxylic acids is 1. The molecule has 0 heterocycles. The number of phosphoric ester groups is 1. The van der Waals surface area contributed by atoms with E-state index in [9.17, 15) is 19.4 Å². The largest absolute Gasteiger partial charge is 0.472 e. The fourth-order valence-electron chi connectivity index (χ4n) is 6.15. The number of unbranched alkanes of at least 4 members (excludes halogenated alkanes) is 19. The summed E-state index contributed by atoms with van der Waals surface area (Å²) >= 11 is 0. The molecular formula is C47H88N2O6P+. The molecule has 0 radical (unpaired) electrons. The molecule has 0 fully saturated rings. The van der Waals surface area contributed by atoms with Crippen LogP contribution in [-0.4, -0.2) is 73.4 Å². The fourth-order valence-corrected chi connectivity index (χ4v) is 6.88. The number of hydrogen-bond donors (Lipinski definition) is 3. The average Bonchev–Trinajstić information content (AvgIpc) is 3.15. The summed E-state index contributed by atoms with van der Waals surface area (Å²) in [5, 5.41) is 13.8. The Balaban J connectivity index is 4.30. The molecule has 0 aliphatic rings. The highest BCUT2D eigenvalue weighted by Gasteiger charge is 2.27. The topological polar surface area (TPSA) is 105 Å². The summed E-state index contributed by atoms with van der Waals surface area (Å²) in [5.74, 6) is -0.186. The van der Waals surface area contributed by atoms with Gasteiger partial charge in [-0.05, 0) is 57.8 Å². The molecule has 0 bridgehead atoms. The number of nitrogens with zero attached hydrogens (tertiary/aromatic N) is 1. The van der Waals surface area contributed by atoms with Crippen molar-refractivity contribution in [2.45, 2.75) is 193 Å².